The Morgan fingerprint density at radius 1 is 1.15 bits per heavy atom. The Morgan fingerprint density at radius 2 is 1.82 bits per heavy atom. The standard InChI is InChI=1S/C23H34BN3O5S/c1-23(2)15-31-24(32-23)10-5-11-27-13-18(14-27)33(29,30)26-22(28)25-21-19-8-3-6-16(19)12-17-7-4-9-20(17)21/h12,18H,3-11,13-15H2,1-2H3,(H2,25,26,28). The fraction of sp³-hybridized carbons (Fsp3) is 0.696. The van der Waals surface area contributed by atoms with Gasteiger partial charge < -0.3 is 19.5 Å². The third-order valence-corrected chi connectivity index (χ3v) is 8.94. The molecule has 0 radical (unpaired) electrons. The number of fused-ring (bicyclic) bond motifs is 2. The minimum atomic E-state index is -3.71. The summed E-state index contributed by atoms with van der Waals surface area (Å²) < 4.78 is 39.2. The van der Waals surface area contributed by atoms with Gasteiger partial charge in [0.1, 0.15) is 5.25 Å². The number of nitrogens with one attached hydrogen (secondary N) is 2. The van der Waals surface area contributed by atoms with Crippen LogP contribution in [0.15, 0.2) is 6.07 Å². The third-order valence-electron chi connectivity index (χ3n) is 7.29. The lowest BCUT2D eigenvalue weighted by atomic mass is 9.83. The fourth-order valence-corrected chi connectivity index (χ4v) is 6.85. The largest absolute Gasteiger partial charge is 0.457 e. The first kappa shape index (κ1) is 23.1. The van der Waals surface area contributed by atoms with Crippen molar-refractivity contribution < 1.29 is 22.5 Å². The topological polar surface area (TPSA) is 97.0 Å². The molecule has 2 N–H and O–H groups in total. The van der Waals surface area contributed by atoms with E-state index in [4.69, 9.17) is 9.31 Å². The Hall–Kier alpha value is -1.62. The first-order chi connectivity index (χ1) is 15.7. The van der Waals surface area contributed by atoms with Gasteiger partial charge in [-0.25, -0.2) is 17.9 Å². The number of likely N-dealkylation sites (tertiary alicyclic amines) is 1. The lowest BCUT2D eigenvalue weighted by Gasteiger charge is -2.38. The SMILES string of the molecule is CC1(C)COB(CCCN2CC(S(=O)(=O)NC(=O)Nc3c4c(cc5c3CCC5)CCC4)C2)O1. The number of anilines is 1. The van der Waals surface area contributed by atoms with Gasteiger partial charge in [-0.05, 0) is 93.9 Å². The minimum absolute atomic E-state index is 0.174. The van der Waals surface area contributed by atoms with Crippen LogP contribution in [0.3, 0.4) is 0 Å². The van der Waals surface area contributed by atoms with Crippen LogP contribution in [-0.4, -0.2) is 63.6 Å². The number of urea groups is 1. The van der Waals surface area contributed by atoms with E-state index in [-0.39, 0.29) is 12.7 Å². The van der Waals surface area contributed by atoms with Crippen molar-refractivity contribution in [1.29, 1.82) is 0 Å². The Labute approximate surface area is 197 Å². The van der Waals surface area contributed by atoms with Crippen LogP contribution >= 0.6 is 0 Å². The molecule has 1 aromatic rings. The number of benzene rings is 1. The summed E-state index contributed by atoms with van der Waals surface area (Å²) in [6.07, 6.45) is 7.80. The number of rotatable bonds is 7. The van der Waals surface area contributed by atoms with Gasteiger partial charge in [0, 0.05) is 18.8 Å². The second kappa shape index (κ2) is 8.87. The van der Waals surface area contributed by atoms with Crippen molar-refractivity contribution in [3.63, 3.8) is 0 Å². The Balaban J connectivity index is 1.10. The van der Waals surface area contributed by atoms with Gasteiger partial charge in [-0.1, -0.05) is 6.07 Å². The molecule has 2 aliphatic heterocycles. The van der Waals surface area contributed by atoms with E-state index in [1.807, 2.05) is 13.8 Å². The summed E-state index contributed by atoms with van der Waals surface area (Å²) >= 11 is 0. The van der Waals surface area contributed by atoms with Gasteiger partial charge in [0.2, 0.25) is 10.0 Å². The van der Waals surface area contributed by atoms with Gasteiger partial charge >= 0.3 is 13.1 Å². The first-order valence-corrected chi connectivity index (χ1v) is 13.8. The summed E-state index contributed by atoms with van der Waals surface area (Å²) in [5.41, 5.74) is 5.63. The Morgan fingerprint density at radius 3 is 2.42 bits per heavy atom. The third kappa shape index (κ3) is 4.94. The zero-order chi connectivity index (χ0) is 23.2. The zero-order valence-corrected chi connectivity index (χ0v) is 20.4. The van der Waals surface area contributed by atoms with E-state index in [9.17, 15) is 13.2 Å². The number of nitrogens with zero attached hydrogens (tertiary/aromatic N) is 1. The molecule has 2 fully saturated rings. The molecule has 33 heavy (non-hydrogen) atoms. The lowest BCUT2D eigenvalue weighted by Crippen LogP contribution is -2.58. The van der Waals surface area contributed by atoms with Crippen molar-refractivity contribution in [2.45, 2.75) is 76.0 Å². The number of aryl methyl sites for hydroxylation is 2. The molecule has 2 heterocycles. The maximum atomic E-state index is 12.7. The number of carbonyl (C=O) groups is 1. The van der Waals surface area contributed by atoms with E-state index in [0.29, 0.717) is 19.7 Å². The molecule has 4 aliphatic rings. The molecule has 0 aromatic heterocycles. The van der Waals surface area contributed by atoms with Crippen molar-refractivity contribution in [3.8, 4) is 0 Å². The summed E-state index contributed by atoms with van der Waals surface area (Å²) in [5, 5.41) is 2.35. The zero-order valence-electron chi connectivity index (χ0n) is 19.6. The molecule has 10 heteroatoms. The molecule has 0 unspecified atom stereocenters. The van der Waals surface area contributed by atoms with Crippen LogP contribution < -0.4 is 10.0 Å². The summed E-state index contributed by atoms with van der Waals surface area (Å²) in [4.78, 5) is 14.8. The molecule has 180 valence electrons. The van der Waals surface area contributed by atoms with E-state index in [1.54, 1.807) is 0 Å². The lowest BCUT2D eigenvalue weighted by molar-refractivity contribution is 0.135. The quantitative estimate of drug-likeness (QED) is 0.589. The van der Waals surface area contributed by atoms with Crippen LogP contribution in [-0.2, 0) is 45.0 Å². The van der Waals surface area contributed by atoms with E-state index in [2.05, 4.69) is 21.0 Å². The average molecular weight is 475 g/mol. The van der Waals surface area contributed by atoms with Gasteiger partial charge in [-0.2, -0.15) is 0 Å². The van der Waals surface area contributed by atoms with E-state index in [1.165, 1.54) is 22.3 Å². The predicted molar refractivity (Wildman–Crippen MR) is 128 cm³/mol. The first-order valence-electron chi connectivity index (χ1n) is 12.2. The molecule has 5 rings (SSSR count). The molecule has 0 spiro atoms. The Kier molecular flexibility index (Phi) is 6.22. The second-order valence-electron chi connectivity index (χ2n) is 10.5. The average Bonchev–Trinajstić information content (AvgIpc) is 3.42. The van der Waals surface area contributed by atoms with E-state index >= 15 is 0 Å². The predicted octanol–water partition coefficient (Wildman–Crippen LogP) is 2.50. The van der Waals surface area contributed by atoms with Crippen LogP contribution in [0.25, 0.3) is 0 Å². The molecule has 8 nitrogen and oxygen atoms in total. The van der Waals surface area contributed by atoms with Gasteiger partial charge in [-0.15, -0.1) is 0 Å². The molecule has 2 amide bonds. The summed E-state index contributed by atoms with van der Waals surface area (Å²) in [5.74, 6) is 0. The number of sulfonamides is 1. The van der Waals surface area contributed by atoms with E-state index in [0.717, 1.165) is 63.5 Å². The molecule has 0 atom stereocenters. The summed E-state index contributed by atoms with van der Waals surface area (Å²) in [7, 11) is -3.89. The normalized spacial score (nSPS) is 22.2. The maximum Gasteiger partial charge on any atom is 0.457 e. The van der Waals surface area contributed by atoms with Gasteiger partial charge in [0.05, 0.1) is 12.2 Å². The summed E-state index contributed by atoms with van der Waals surface area (Å²) in [6.45, 7) is 6.31. The highest BCUT2D eigenvalue weighted by Gasteiger charge is 2.39. The molecule has 0 saturated carbocycles. The monoisotopic (exact) mass is 475 g/mol. The smallest absolute Gasteiger partial charge is 0.408 e. The van der Waals surface area contributed by atoms with Crippen LogP contribution in [0.4, 0.5) is 10.5 Å². The van der Waals surface area contributed by atoms with Crippen molar-refractivity contribution in [2.75, 3.05) is 31.6 Å². The van der Waals surface area contributed by atoms with Crippen molar-refractivity contribution >= 4 is 28.9 Å². The molecule has 0 bridgehead atoms. The van der Waals surface area contributed by atoms with Crippen LogP contribution in [0.5, 0.6) is 0 Å². The van der Waals surface area contributed by atoms with E-state index < -0.39 is 21.3 Å². The van der Waals surface area contributed by atoms with Crippen molar-refractivity contribution in [3.05, 3.63) is 28.3 Å². The van der Waals surface area contributed by atoms with Crippen molar-refractivity contribution in [1.82, 2.24) is 9.62 Å². The van der Waals surface area contributed by atoms with Gasteiger partial charge in [-0.3, -0.25) is 0 Å². The van der Waals surface area contributed by atoms with Gasteiger partial charge in [0.25, 0.3) is 0 Å². The number of carbonyl (C=O) groups excluding carboxylic acids is 1. The van der Waals surface area contributed by atoms with Crippen LogP contribution in [0.2, 0.25) is 6.32 Å². The minimum Gasteiger partial charge on any atom is -0.408 e. The molecular weight excluding hydrogens is 441 g/mol. The molecule has 2 aliphatic carbocycles. The highest BCUT2D eigenvalue weighted by atomic mass is 32.2. The molecular formula is C23H34BN3O5S. The highest BCUT2D eigenvalue weighted by Crippen LogP contribution is 2.38. The fourth-order valence-electron chi connectivity index (χ4n) is 5.56. The molecule has 1 aromatic carbocycles. The molecule has 2 saturated heterocycles. The highest BCUT2D eigenvalue weighted by molar-refractivity contribution is 7.90. The number of amides is 2. The second-order valence-corrected chi connectivity index (χ2v) is 12.4. The van der Waals surface area contributed by atoms with Crippen LogP contribution in [0, 0.1) is 0 Å². The van der Waals surface area contributed by atoms with Gasteiger partial charge in [0.15, 0.2) is 0 Å². The summed E-state index contributed by atoms with van der Waals surface area (Å²) in [6, 6.07) is 1.65. The van der Waals surface area contributed by atoms with Crippen LogP contribution in [0.1, 0.15) is 55.4 Å². The number of hydrogen-bond acceptors (Lipinski definition) is 6. The Bertz CT molecular complexity index is 1010. The van der Waals surface area contributed by atoms with Crippen molar-refractivity contribution in [2.24, 2.45) is 0 Å². The number of hydrogen-bond donors (Lipinski definition) is 2. The maximum absolute atomic E-state index is 12.7.